The Hall–Kier alpha value is -3.02. The lowest BCUT2D eigenvalue weighted by atomic mass is 10.1. The van der Waals surface area contributed by atoms with Gasteiger partial charge in [-0.2, -0.15) is 0 Å². The smallest absolute Gasteiger partial charge is 0.340 e. The lowest BCUT2D eigenvalue weighted by molar-refractivity contribution is 0.0649. The molecule has 2 aromatic rings. The van der Waals surface area contributed by atoms with Gasteiger partial charge < -0.3 is 19.7 Å². The van der Waals surface area contributed by atoms with Crippen molar-refractivity contribution in [3.63, 3.8) is 0 Å². The molecule has 2 aromatic carbocycles. The van der Waals surface area contributed by atoms with Crippen molar-refractivity contribution in [3.8, 4) is 17.2 Å². The Morgan fingerprint density at radius 2 is 1.48 bits per heavy atom. The lowest BCUT2D eigenvalue weighted by Gasteiger charge is -2.13. The molecule has 0 aliphatic heterocycles. The van der Waals surface area contributed by atoms with E-state index in [4.69, 9.17) is 14.6 Å². The molecule has 0 spiro atoms. The summed E-state index contributed by atoms with van der Waals surface area (Å²) in [5, 5.41) is 18.3. The van der Waals surface area contributed by atoms with E-state index < -0.39 is 17.5 Å². The molecule has 6 heteroatoms. The highest BCUT2D eigenvalue weighted by molar-refractivity contribution is 6.03. The van der Waals surface area contributed by atoms with Gasteiger partial charge in [-0.25, -0.2) is 9.59 Å². The average molecular weight is 288 g/mol. The van der Waals surface area contributed by atoms with Crippen LogP contribution in [-0.2, 0) is 0 Å². The number of ether oxygens (including phenoxy) is 2. The predicted octanol–water partition coefficient (Wildman–Crippen LogP) is 2.88. The predicted molar refractivity (Wildman–Crippen MR) is 73.4 cm³/mol. The maximum Gasteiger partial charge on any atom is 0.340 e. The SMILES string of the molecule is COc1ccccc1Oc1cccc(C(=O)O)c1C(=O)O. The monoisotopic (exact) mass is 288 g/mol. The molecule has 0 heterocycles. The molecule has 0 aromatic heterocycles. The van der Waals surface area contributed by atoms with Crippen LogP contribution in [0.4, 0.5) is 0 Å². The highest BCUT2D eigenvalue weighted by Gasteiger charge is 2.22. The van der Waals surface area contributed by atoms with Gasteiger partial charge in [-0.05, 0) is 24.3 Å². The second-order valence-electron chi connectivity index (χ2n) is 4.04. The number of hydrogen-bond acceptors (Lipinski definition) is 4. The van der Waals surface area contributed by atoms with E-state index in [-0.39, 0.29) is 11.3 Å². The van der Waals surface area contributed by atoms with Crippen LogP contribution in [0.2, 0.25) is 0 Å². The second kappa shape index (κ2) is 5.96. The Morgan fingerprint density at radius 1 is 0.857 bits per heavy atom. The molecule has 6 nitrogen and oxygen atoms in total. The largest absolute Gasteiger partial charge is 0.493 e. The summed E-state index contributed by atoms with van der Waals surface area (Å²) in [7, 11) is 1.45. The molecular weight excluding hydrogens is 276 g/mol. The summed E-state index contributed by atoms with van der Waals surface area (Å²) in [6.07, 6.45) is 0. The van der Waals surface area contributed by atoms with Gasteiger partial charge >= 0.3 is 11.9 Å². The van der Waals surface area contributed by atoms with Crippen molar-refractivity contribution in [2.45, 2.75) is 0 Å². The van der Waals surface area contributed by atoms with Gasteiger partial charge in [0, 0.05) is 0 Å². The van der Waals surface area contributed by atoms with Crippen LogP contribution in [0.1, 0.15) is 20.7 Å². The summed E-state index contributed by atoms with van der Waals surface area (Å²) in [5.41, 5.74) is -0.745. The number of rotatable bonds is 5. The molecule has 108 valence electrons. The van der Waals surface area contributed by atoms with Crippen LogP contribution in [0.25, 0.3) is 0 Å². The number of hydrogen-bond donors (Lipinski definition) is 2. The molecule has 0 radical (unpaired) electrons. The minimum Gasteiger partial charge on any atom is -0.493 e. The van der Waals surface area contributed by atoms with E-state index >= 15 is 0 Å². The van der Waals surface area contributed by atoms with Crippen molar-refractivity contribution < 1.29 is 29.3 Å². The Balaban J connectivity index is 2.52. The third-order valence-corrected chi connectivity index (χ3v) is 2.76. The van der Waals surface area contributed by atoms with Gasteiger partial charge in [0.2, 0.25) is 0 Å². The van der Waals surface area contributed by atoms with Gasteiger partial charge in [0.05, 0.1) is 12.7 Å². The molecule has 0 saturated carbocycles. The number of carboxylic acid groups (broad SMARTS) is 2. The van der Waals surface area contributed by atoms with Crippen molar-refractivity contribution in [2.24, 2.45) is 0 Å². The Morgan fingerprint density at radius 3 is 2.05 bits per heavy atom. The zero-order chi connectivity index (χ0) is 15.4. The Bertz CT molecular complexity index is 692. The molecule has 0 unspecified atom stereocenters. The number of aromatic carboxylic acids is 2. The molecule has 0 aliphatic carbocycles. The first-order chi connectivity index (χ1) is 10.0. The highest BCUT2D eigenvalue weighted by Crippen LogP contribution is 2.33. The maximum atomic E-state index is 11.3. The van der Waals surface area contributed by atoms with Crippen molar-refractivity contribution in [3.05, 3.63) is 53.6 Å². The molecule has 0 amide bonds. The number of carbonyl (C=O) groups is 2. The second-order valence-corrected chi connectivity index (χ2v) is 4.04. The van der Waals surface area contributed by atoms with E-state index in [2.05, 4.69) is 0 Å². The average Bonchev–Trinajstić information content (AvgIpc) is 2.47. The van der Waals surface area contributed by atoms with E-state index in [1.807, 2.05) is 0 Å². The van der Waals surface area contributed by atoms with Crippen LogP contribution < -0.4 is 9.47 Å². The fourth-order valence-corrected chi connectivity index (χ4v) is 1.84. The standard InChI is InChI=1S/C15H12O6/c1-20-10-6-2-3-7-11(10)21-12-8-4-5-9(14(16)17)13(12)15(18)19/h2-8H,1H3,(H,16,17)(H,18,19). The quantitative estimate of drug-likeness (QED) is 0.878. The topological polar surface area (TPSA) is 93.1 Å². The molecule has 0 bridgehead atoms. The fourth-order valence-electron chi connectivity index (χ4n) is 1.84. The van der Waals surface area contributed by atoms with Crippen molar-refractivity contribution in [2.75, 3.05) is 7.11 Å². The molecule has 21 heavy (non-hydrogen) atoms. The van der Waals surface area contributed by atoms with Gasteiger partial charge in [-0.15, -0.1) is 0 Å². The van der Waals surface area contributed by atoms with Crippen LogP contribution in [-0.4, -0.2) is 29.3 Å². The van der Waals surface area contributed by atoms with Gasteiger partial charge in [0.15, 0.2) is 11.5 Å². The van der Waals surface area contributed by atoms with Gasteiger partial charge in [0.25, 0.3) is 0 Å². The number of carboxylic acids is 2. The maximum absolute atomic E-state index is 11.3. The summed E-state index contributed by atoms with van der Waals surface area (Å²) < 4.78 is 10.6. The number of methoxy groups -OCH3 is 1. The summed E-state index contributed by atoms with van der Waals surface area (Å²) in [5.74, 6) is -2.07. The molecule has 2 N–H and O–H groups in total. The molecule has 0 aliphatic rings. The van der Waals surface area contributed by atoms with E-state index in [9.17, 15) is 14.7 Å². The number of para-hydroxylation sites is 2. The molecule has 0 saturated heterocycles. The van der Waals surface area contributed by atoms with Crippen molar-refractivity contribution >= 4 is 11.9 Å². The normalized spacial score (nSPS) is 9.95. The molecule has 0 fully saturated rings. The summed E-state index contributed by atoms with van der Waals surface area (Å²) in [4.78, 5) is 22.4. The first-order valence-corrected chi connectivity index (χ1v) is 5.95. The minimum atomic E-state index is -1.38. The summed E-state index contributed by atoms with van der Waals surface area (Å²) in [6.45, 7) is 0. The van der Waals surface area contributed by atoms with Crippen LogP contribution in [0.15, 0.2) is 42.5 Å². The zero-order valence-electron chi connectivity index (χ0n) is 11.1. The van der Waals surface area contributed by atoms with E-state index in [0.717, 1.165) is 0 Å². The van der Waals surface area contributed by atoms with Crippen LogP contribution >= 0.6 is 0 Å². The van der Waals surface area contributed by atoms with E-state index in [1.165, 1.54) is 25.3 Å². The Kier molecular flexibility index (Phi) is 4.08. The fraction of sp³-hybridized carbons (Fsp3) is 0.0667. The van der Waals surface area contributed by atoms with Gasteiger partial charge in [-0.1, -0.05) is 18.2 Å². The Labute approximate surface area is 120 Å². The zero-order valence-corrected chi connectivity index (χ0v) is 11.1. The van der Waals surface area contributed by atoms with Crippen molar-refractivity contribution in [1.29, 1.82) is 0 Å². The summed E-state index contributed by atoms with van der Waals surface area (Å²) >= 11 is 0. The van der Waals surface area contributed by atoms with E-state index in [0.29, 0.717) is 11.5 Å². The molecular formula is C15H12O6. The third-order valence-electron chi connectivity index (χ3n) is 2.76. The van der Waals surface area contributed by atoms with Gasteiger partial charge in [0.1, 0.15) is 11.3 Å². The molecule has 0 atom stereocenters. The minimum absolute atomic E-state index is 0.0631. The third kappa shape index (κ3) is 2.94. The van der Waals surface area contributed by atoms with E-state index in [1.54, 1.807) is 24.3 Å². The first-order valence-electron chi connectivity index (χ1n) is 5.95. The van der Waals surface area contributed by atoms with Crippen LogP contribution in [0.3, 0.4) is 0 Å². The first kappa shape index (κ1) is 14.4. The molecule has 2 rings (SSSR count). The van der Waals surface area contributed by atoms with Crippen LogP contribution in [0.5, 0.6) is 17.2 Å². The highest BCUT2D eigenvalue weighted by atomic mass is 16.5. The van der Waals surface area contributed by atoms with Crippen LogP contribution in [0, 0.1) is 0 Å². The van der Waals surface area contributed by atoms with Crippen molar-refractivity contribution in [1.82, 2.24) is 0 Å². The summed E-state index contributed by atoms with van der Waals surface area (Å²) in [6, 6.07) is 10.7. The number of benzene rings is 2. The van der Waals surface area contributed by atoms with Gasteiger partial charge in [-0.3, -0.25) is 0 Å². The lowest BCUT2D eigenvalue weighted by Crippen LogP contribution is -2.09.